The summed E-state index contributed by atoms with van der Waals surface area (Å²) in [6.45, 7) is 0.961. The minimum absolute atomic E-state index is 0.0644. The molecule has 1 aliphatic rings. The maximum Gasteiger partial charge on any atom is 0.489 e. The van der Waals surface area contributed by atoms with E-state index in [0.29, 0.717) is 32.3 Å². The summed E-state index contributed by atoms with van der Waals surface area (Å²) >= 11 is 3.46. The third-order valence-corrected chi connectivity index (χ3v) is 5.16. The van der Waals surface area contributed by atoms with Crippen LogP contribution in [0.1, 0.15) is 32.7 Å². The monoisotopic (exact) mass is 431 g/mol. The lowest BCUT2D eigenvalue weighted by Gasteiger charge is -2.29. The van der Waals surface area contributed by atoms with Gasteiger partial charge in [-0.25, -0.2) is 0 Å². The Morgan fingerprint density at radius 2 is 2.11 bits per heavy atom. The van der Waals surface area contributed by atoms with E-state index in [9.17, 15) is 19.6 Å². The quantitative estimate of drug-likeness (QED) is 0.469. The van der Waals surface area contributed by atoms with Gasteiger partial charge < -0.3 is 20.1 Å². The topological polar surface area (TPSA) is 95.9 Å². The molecule has 0 spiro atoms. The number of ether oxygens (including phenoxy) is 1. The van der Waals surface area contributed by atoms with Gasteiger partial charge in [-0.2, -0.15) is 0 Å². The van der Waals surface area contributed by atoms with Gasteiger partial charge in [0.25, 0.3) is 5.91 Å². The summed E-state index contributed by atoms with van der Waals surface area (Å²) in [5, 5.41) is 21.7. The maximum absolute atomic E-state index is 12.8. The Hall–Kier alpha value is -2.00. The number of rotatable bonds is 6. The first kappa shape index (κ1) is 19.8. The maximum atomic E-state index is 12.8. The molecule has 3 rings (SSSR count). The van der Waals surface area contributed by atoms with Crippen molar-refractivity contribution in [1.29, 1.82) is 0 Å². The number of carbonyl (C=O) groups is 2. The highest BCUT2D eigenvalue weighted by molar-refractivity contribution is 9.10. The third-order valence-electron chi connectivity index (χ3n) is 4.67. The molecule has 2 aromatic rings. The van der Waals surface area contributed by atoms with Gasteiger partial charge in [0.15, 0.2) is 0 Å². The fourth-order valence-corrected chi connectivity index (χ4v) is 3.74. The van der Waals surface area contributed by atoms with Crippen LogP contribution >= 0.6 is 15.9 Å². The van der Waals surface area contributed by atoms with E-state index in [1.807, 2.05) is 24.3 Å². The molecule has 1 fully saturated rings. The van der Waals surface area contributed by atoms with Crippen LogP contribution in [-0.2, 0) is 11.2 Å². The molecule has 0 aliphatic carbocycles. The summed E-state index contributed by atoms with van der Waals surface area (Å²) < 4.78 is 6.51. The lowest BCUT2D eigenvalue weighted by atomic mass is 9.76. The van der Waals surface area contributed by atoms with Crippen LogP contribution in [0.5, 0.6) is 0 Å². The fourth-order valence-electron chi connectivity index (χ4n) is 3.29. The first-order chi connectivity index (χ1) is 12.9. The Labute approximate surface area is 165 Å². The zero-order chi connectivity index (χ0) is 19.4. The summed E-state index contributed by atoms with van der Waals surface area (Å²) in [6.07, 6.45) is 1.80. The van der Waals surface area contributed by atoms with Crippen LogP contribution < -0.4 is 10.8 Å². The van der Waals surface area contributed by atoms with E-state index in [4.69, 9.17) is 4.74 Å². The lowest BCUT2D eigenvalue weighted by molar-refractivity contribution is 0.0877. The average molecular weight is 432 g/mol. The first-order valence-electron chi connectivity index (χ1n) is 8.52. The summed E-state index contributed by atoms with van der Waals surface area (Å²) in [4.78, 5) is 24.0. The first-order valence-corrected chi connectivity index (χ1v) is 9.32. The van der Waals surface area contributed by atoms with Crippen LogP contribution in [0.3, 0.4) is 0 Å². The standard InChI is InChI=1S/C19H19BBrNO5/c21-16-3-1-2-13(8-16)10-19(6-7-27-12-19)22-18(24)14-4-5-17(20(25)26)15(9-14)11-23/h1-5,8-9,11,25-26H,6-7,10,12H2,(H,22,24). The van der Waals surface area contributed by atoms with E-state index in [2.05, 4.69) is 21.2 Å². The van der Waals surface area contributed by atoms with Crippen molar-refractivity contribution in [3.8, 4) is 0 Å². The normalized spacial score (nSPS) is 18.9. The molecule has 1 unspecified atom stereocenters. The Kier molecular flexibility index (Phi) is 6.11. The molecule has 0 bridgehead atoms. The summed E-state index contributed by atoms with van der Waals surface area (Å²) in [6, 6.07) is 12.1. The number of hydrogen-bond acceptors (Lipinski definition) is 5. The zero-order valence-electron chi connectivity index (χ0n) is 14.5. The highest BCUT2D eigenvalue weighted by Gasteiger charge is 2.37. The van der Waals surface area contributed by atoms with Gasteiger partial charge in [0.05, 0.1) is 12.1 Å². The molecule has 3 N–H and O–H groups in total. The minimum Gasteiger partial charge on any atom is -0.423 e. The van der Waals surface area contributed by atoms with Crippen molar-refractivity contribution in [3.63, 3.8) is 0 Å². The second-order valence-electron chi connectivity index (χ2n) is 6.68. The highest BCUT2D eigenvalue weighted by atomic mass is 79.9. The van der Waals surface area contributed by atoms with E-state index in [-0.39, 0.29) is 22.5 Å². The fraction of sp³-hybridized carbons (Fsp3) is 0.263. The molecule has 1 atom stereocenters. The van der Waals surface area contributed by atoms with Gasteiger partial charge >= 0.3 is 7.12 Å². The molecule has 1 heterocycles. The summed E-state index contributed by atoms with van der Waals surface area (Å²) in [5.41, 5.74) is 0.953. The molecular formula is C19H19BBrNO5. The molecule has 0 saturated carbocycles. The van der Waals surface area contributed by atoms with Crippen molar-refractivity contribution >= 4 is 40.7 Å². The molecule has 8 heteroatoms. The summed E-state index contributed by atoms with van der Waals surface area (Å²) in [5.74, 6) is -0.336. The van der Waals surface area contributed by atoms with Gasteiger partial charge in [0, 0.05) is 22.2 Å². The number of carbonyl (C=O) groups excluding carboxylic acids is 2. The Bertz CT molecular complexity index is 852. The Balaban J connectivity index is 1.82. The van der Waals surface area contributed by atoms with Gasteiger partial charge in [0.2, 0.25) is 0 Å². The molecule has 1 aliphatic heterocycles. The second-order valence-corrected chi connectivity index (χ2v) is 7.59. The van der Waals surface area contributed by atoms with Gasteiger partial charge in [-0.15, -0.1) is 0 Å². The van der Waals surface area contributed by atoms with E-state index < -0.39 is 12.7 Å². The lowest BCUT2D eigenvalue weighted by Crippen LogP contribution is -2.51. The molecule has 0 radical (unpaired) electrons. The molecule has 1 saturated heterocycles. The third kappa shape index (κ3) is 4.65. The molecular weight excluding hydrogens is 413 g/mol. The van der Waals surface area contributed by atoms with Crippen molar-refractivity contribution in [2.45, 2.75) is 18.4 Å². The number of benzene rings is 2. The number of amides is 1. The smallest absolute Gasteiger partial charge is 0.423 e. The number of halogens is 1. The number of aldehydes is 1. The number of hydrogen-bond donors (Lipinski definition) is 3. The molecule has 6 nitrogen and oxygen atoms in total. The SMILES string of the molecule is O=Cc1cc(C(=O)NC2(Cc3cccc(Br)c3)CCOC2)ccc1B(O)O. The highest BCUT2D eigenvalue weighted by Crippen LogP contribution is 2.25. The Morgan fingerprint density at radius 3 is 2.74 bits per heavy atom. The molecule has 27 heavy (non-hydrogen) atoms. The van der Waals surface area contributed by atoms with Crippen molar-refractivity contribution in [1.82, 2.24) is 5.32 Å². The van der Waals surface area contributed by atoms with E-state index in [1.165, 1.54) is 18.2 Å². The van der Waals surface area contributed by atoms with E-state index in [1.54, 1.807) is 0 Å². The van der Waals surface area contributed by atoms with Crippen LogP contribution in [0.25, 0.3) is 0 Å². The zero-order valence-corrected chi connectivity index (χ0v) is 16.1. The predicted octanol–water partition coefficient (Wildman–Crippen LogP) is 1.07. The van der Waals surface area contributed by atoms with Gasteiger partial charge in [-0.3, -0.25) is 9.59 Å². The van der Waals surface area contributed by atoms with Gasteiger partial charge in [-0.05, 0) is 48.1 Å². The van der Waals surface area contributed by atoms with Gasteiger partial charge in [-0.1, -0.05) is 34.1 Å². The minimum atomic E-state index is -1.77. The van der Waals surface area contributed by atoms with Crippen LogP contribution in [0.4, 0.5) is 0 Å². The van der Waals surface area contributed by atoms with E-state index >= 15 is 0 Å². The molecule has 2 aromatic carbocycles. The molecule has 140 valence electrons. The molecule has 0 aromatic heterocycles. The predicted molar refractivity (Wildman–Crippen MR) is 105 cm³/mol. The Morgan fingerprint density at radius 1 is 1.30 bits per heavy atom. The number of nitrogens with one attached hydrogen (secondary N) is 1. The average Bonchev–Trinajstić information content (AvgIpc) is 3.08. The van der Waals surface area contributed by atoms with Crippen LogP contribution in [0.15, 0.2) is 46.9 Å². The second kappa shape index (κ2) is 8.35. The summed E-state index contributed by atoms with van der Waals surface area (Å²) in [7, 11) is -1.77. The van der Waals surface area contributed by atoms with Crippen LogP contribution in [0.2, 0.25) is 0 Å². The van der Waals surface area contributed by atoms with Crippen molar-refractivity contribution < 1.29 is 24.4 Å². The van der Waals surface area contributed by atoms with Gasteiger partial charge in [0.1, 0.15) is 6.29 Å². The largest absolute Gasteiger partial charge is 0.489 e. The van der Waals surface area contributed by atoms with Crippen molar-refractivity contribution in [3.05, 3.63) is 63.6 Å². The van der Waals surface area contributed by atoms with Crippen molar-refractivity contribution in [2.75, 3.05) is 13.2 Å². The van der Waals surface area contributed by atoms with Crippen LogP contribution in [0, 0.1) is 0 Å². The van der Waals surface area contributed by atoms with Crippen molar-refractivity contribution in [2.24, 2.45) is 0 Å². The van der Waals surface area contributed by atoms with Crippen LogP contribution in [-0.4, -0.2) is 48.1 Å². The van der Waals surface area contributed by atoms with E-state index in [0.717, 1.165) is 10.0 Å². The molecule has 1 amide bonds.